The van der Waals surface area contributed by atoms with Crippen molar-refractivity contribution in [3.05, 3.63) is 28.2 Å². The third-order valence-electron chi connectivity index (χ3n) is 2.34. The van der Waals surface area contributed by atoms with Crippen LogP contribution < -0.4 is 5.32 Å². The lowest BCUT2D eigenvalue weighted by Crippen LogP contribution is -2.18. The molecule has 0 aliphatic carbocycles. The summed E-state index contributed by atoms with van der Waals surface area (Å²) in [6, 6.07) is 3.12. The molecule has 0 aliphatic heterocycles. The van der Waals surface area contributed by atoms with Crippen molar-refractivity contribution in [3.8, 4) is 0 Å². The van der Waals surface area contributed by atoms with Crippen molar-refractivity contribution in [1.82, 2.24) is 0 Å². The van der Waals surface area contributed by atoms with Gasteiger partial charge in [0.1, 0.15) is 6.61 Å². The minimum atomic E-state index is -4.45. The van der Waals surface area contributed by atoms with Crippen LogP contribution in [0.1, 0.15) is 12.0 Å². The SMILES string of the molecule is FC(F)(F)COCCCNc1cc(C(F)(F)F)ccc1Br. The average molecular weight is 380 g/mol. The van der Waals surface area contributed by atoms with Crippen LogP contribution in [-0.2, 0) is 10.9 Å². The molecule has 0 saturated heterocycles. The smallest absolute Gasteiger partial charge is 0.384 e. The highest BCUT2D eigenvalue weighted by Crippen LogP contribution is 2.33. The van der Waals surface area contributed by atoms with E-state index in [1.807, 2.05) is 0 Å². The van der Waals surface area contributed by atoms with Gasteiger partial charge < -0.3 is 10.1 Å². The fourth-order valence-corrected chi connectivity index (χ4v) is 1.81. The van der Waals surface area contributed by atoms with Crippen molar-refractivity contribution < 1.29 is 31.1 Å². The number of benzene rings is 1. The first-order valence-electron chi connectivity index (χ1n) is 5.85. The lowest BCUT2D eigenvalue weighted by molar-refractivity contribution is -0.173. The first kappa shape index (κ1) is 18.1. The zero-order chi connectivity index (χ0) is 16.1. The van der Waals surface area contributed by atoms with Crippen LogP contribution in [0.3, 0.4) is 0 Å². The molecule has 0 amide bonds. The van der Waals surface area contributed by atoms with Crippen molar-refractivity contribution >= 4 is 21.6 Å². The van der Waals surface area contributed by atoms with Crippen LogP contribution in [0.25, 0.3) is 0 Å². The van der Waals surface area contributed by atoms with Gasteiger partial charge in [-0.2, -0.15) is 26.3 Å². The third-order valence-corrected chi connectivity index (χ3v) is 3.03. The van der Waals surface area contributed by atoms with Gasteiger partial charge in [0.15, 0.2) is 0 Å². The van der Waals surface area contributed by atoms with Crippen LogP contribution in [-0.4, -0.2) is 25.9 Å². The van der Waals surface area contributed by atoms with Gasteiger partial charge in [-0.25, -0.2) is 0 Å². The summed E-state index contributed by atoms with van der Waals surface area (Å²) in [7, 11) is 0. The highest BCUT2D eigenvalue weighted by atomic mass is 79.9. The summed E-state index contributed by atoms with van der Waals surface area (Å²) in [4.78, 5) is 0. The number of alkyl halides is 6. The Morgan fingerprint density at radius 3 is 2.33 bits per heavy atom. The molecule has 1 N–H and O–H groups in total. The van der Waals surface area contributed by atoms with Crippen LogP contribution >= 0.6 is 15.9 Å². The van der Waals surface area contributed by atoms with E-state index in [9.17, 15) is 26.3 Å². The van der Waals surface area contributed by atoms with Crippen molar-refractivity contribution in [2.24, 2.45) is 0 Å². The summed E-state index contributed by atoms with van der Waals surface area (Å²) < 4.78 is 77.8. The molecule has 21 heavy (non-hydrogen) atoms. The predicted molar refractivity (Wildman–Crippen MR) is 69.1 cm³/mol. The largest absolute Gasteiger partial charge is 0.416 e. The Labute approximate surface area is 125 Å². The minimum Gasteiger partial charge on any atom is -0.384 e. The van der Waals surface area contributed by atoms with Crippen molar-refractivity contribution in [1.29, 1.82) is 0 Å². The standard InChI is InChI=1S/C12H12BrF6NO/c13-9-3-2-8(12(17,18)19)6-10(9)20-4-1-5-21-7-11(14,15)16/h2-3,6,20H,1,4-5,7H2. The molecule has 1 aromatic rings. The van der Waals surface area contributed by atoms with Gasteiger partial charge >= 0.3 is 12.4 Å². The predicted octanol–water partition coefficient (Wildman–Crippen LogP) is 4.85. The highest BCUT2D eigenvalue weighted by molar-refractivity contribution is 9.10. The van der Waals surface area contributed by atoms with E-state index < -0.39 is 24.5 Å². The molecule has 0 aromatic heterocycles. The van der Waals surface area contributed by atoms with E-state index in [2.05, 4.69) is 26.0 Å². The molecule has 0 spiro atoms. The van der Waals surface area contributed by atoms with E-state index in [0.29, 0.717) is 4.47 Å². The van der Waals surface area contributed by atoms with E-state index in [1.54, 1.807) is 0 Å². The number of halogens is 7. The molecule has 2 nitrogen and oxygen atoms in total. The van der Waals surface area contributed by atoms with E-state index in [0.717, 1.165) is 12.1 Å². The molecular formula is C12H12BrF6NO. The average Bonchev–Trinajstić information content (AvgIpc) is 2.32. The van der Waals surface area contributed by atoms with Crippen molar-refractivity contribution in [3.63, 3.8) is 0 Å². The Kier molecular flexibility index (Phi) is 6.33. The van der Waals surface area contributed by atoms with Gasteiger partial charge in [0.25, 0.3) is 0 Å². The fraction of sp³-hybridized carbons (Fsp3) is 0.500. The molecule has 0 unspecified atom stereocenters. The van der Waals surface area contributed by atoms with E-state index in [1.165, 1.54) is 6.07 Å². The van der Waals surface area contributed by atoms with Gasteiger partial charge in [-0.3, -0.25) is 0 Å². The van der Waals surface area contributed by atoms with Crippen LogP contribution in [0.2, 0.25) is 0 Å². The number of nitrogens with one attached hydrogen (secondary N) is 1. The van der Waals surface area contributed by atoms with Gasteiger partial charge in [0.05, 0.1) is 5.56 Å². The van der Waals surface area contributed by atoms with E-state index in [4.69, 9.17) is 0 Å². The maximum Gasteiger partial charge on any atom is 0.416 e. The fourth-order valence-electron chi connectivity index (χ4n) is 1.42. The van der Waals surface area contributed by atoms with E-state index >= 15 is 0 Å². The maximum atomic E-state index is 12.5. The maximum absolute atomic E-state index is 12.5. The second-order valence-corrected chi connectivity index (χ2v) is 4.99. The number of hydrogen-bond donors (Lipinski definition) is 1. The molecular weight excluding hydrogens is 368 g/mol. The monoisotopic (exact) mass is 379 g/mol. The lowest BCUT2D eigenvalue weighted by Gasteiger charge is -2.13. The van der Waals surface area contributed by atoms with Crippen LogP contribution in [0.15, 0.2) is 22.7 Å². The molecule has 0 fully saturated rings. The summed E-state index contributed by atoms with van der Waals surface area (Å²) in [5, 5.41) is 2.71. The Bertz CT molecular complexity index is 460. The minimum absolute atomic E-state index is 0.136. The molecule has 0 atom stereocenters. The summed E-state index contributed by atoms with van der Waals surface area (Å²) in [6.45, 7) is -1.28. The number of hydrogen-bond acceptors (Lipinski definition) is 2. The molecule has 1 rings (SSSR count). The van der Waals surface area contributed by atoms with Crippen molar-refractivity contribution in [2.75, 3.05) is 25.1 Å². The molecule has 1 aromatic carbocycles. The Balaban J connectivity index is 2.42. The van der Waals surface area contributed by atoms with Gasteiger partial charge in [-0.05, 0) is 40.5 Å². The van der Waals surface area contributed by atoms with Crippen LogP contribution in [0, 0.1) is 0 Å². The molecule has 0 bridgehead atoms. The number of anilines is 1. The van der Waals surface area contributed by atoms with Crippen LogP contribution in [0.4, 0.5) is 32.0 Å². The zero-order valence-electron chi connectivity index (χ0n) is 10.6. The molecule has 120 valence electrons. The number of ether oxygens (including phenoxy) is 1. The Hall–Kier alpha value is -0.960. The zero-order valence-corrected chi connectivity index (χ0v) is 12.2. The third kappa shape index (κ3) is 7.03. The number of rotatable bonds is 6. The molecule has 0 aliphatic rings. The van der Waals surface area contributed by atoms with Crippen molar-refractivity contribution in [2.45, 2.75) is 18.8 Å². The van der Waals surface area contributed by atoms with E-state index in [-0.39, 0.29) is 25.3 Å². The summed E-state index contributed by atoms with van der Waals surface area (Å²) in [5.74, 6) is 0. The summed E-state index contributed by atoms with van der Waals surface area (Å²) >= 11 is 3.10. The second kappa shape index (κ2) is 7.35. The summed E-state index contributed by atoms with van der Waals surface area (Å²) in [5.41, 5.74) is -0.581. The molecule has 0 saturated carbocycles. The van der Waals surface area contributed by atoms with Gasteiger partial charge in [-0.15, -0.1) is 0 Å². The quantitative estimate of drug-likeness (QED) is 0.563. The Morgan fingerprint density at radius 1 is 1.10 bits per heavy atom. The molecule has 9 heteroatoms. The molecule has 0 heterocycles. The van der Waals surface area contributed by atoms with Gasteiger partial charge in [0, 0.05) is 23.3 Å². The Morgan fingerprint density at radius 2 is 1.76 bits per heavy atom. The second-order valence-electron chi connectivity index (χ2n) is 4.14. The highest BCUT2D eigenvalue weighted by Gasteiger charge is 2.31. The first-order valence-corrected chi connectivity index (χ1v) is 6.64. The summed E-state index contributed by atoms with van der Waals surface area (Å²) in [6.07, 6.45) is -8.59. The van der Waals surface area contributed by atoms with Gasteiger partial charge in [0.2, 0.25) is 0 Å². The normalized spacial score (nSPS) is 12.5. The van der Waals surface area contributed by atoms with Crippen LogP contribution in [0.5, 0.6) is 0 Å². The molecule has 0 radical (unpaired) electrons. The topological polar surface area (TPSA) is 21.3 Å². The lowest BCUT2D eigenvalue weighted by atomic mass is 10.2. The van der Waals surface area contributed by atoms with Gasteiger partial charge in [-0.1, -0.05) is 0 Å². The first-order chi connectivity index (χ1) is 9.59.